The second-order valence-corrected chi connectivity index (χ2v) is 24.7. The van der Waals surface area contributed by atoms with Gasteiger partial charge in [-0.1, -0.05) is 48.5 Å². The molecule has 2 nitrogen and oxygen atoms in total. The Morgan fingerprint density at radius 3 is 0.887 bits per heavy atom. The van der Waals surface area contributed by atoms with Crippen molar-refractivity contribution in [2.75, 3.05) is 0 Å². The topological polar surface area (TPSA) is 47.6 Å². The van der Waals surface area contributed by atoms with Crippen molar-refractivity contribution in [3.8, 4) is 56.6 Å². The Bertz CT molecular complexity index is 2380. The summed E-state index contributed by atoms with van der Waals surface area (Å²) in [5.41, 5.74) is 13.7. The van der Waals surface area contributed by atoms with Gasteiger partial charge in [-0.25, -0.2) is 0 Å². The molecule has 53 heavy (non-hydrogen) atoms. The van der Waals surface area contributed by atoms with Gasteiger partial charge < -0.3 is 0 Å². The van der Waals surface area contributed by atoms with E-state index in [-0.39, 0.29) is 0 Å². The molecular weight excluding hydrogens is 2020 g/mol. The third-order valence-electron chi connectivity index (χ3n) is 8.33. The molecule has 6 aromatic rings. The van der Waals surface area contributed by atoms with Gasteiger partial charge in [0.1, 0.15) is 0 Å². The number of nitrogens with zero attached hydrogens (tertiary/aromatic N) is 2. The first-order chi connectivity index (χ1) is 25.2. The van der Waals surface area contributed by atoms with Crippen LogP contribution in [0.25, 0.3) is 44.5 Å². The minimum atomic E-state index is 0.689. The second-order valence-electron chi connectivity index (χ2n) is 11.4. The number of rotatable bonds is 6. The lowest BCUT2D eigenvalue weighted by Crippen LogP contribution is -2.02. The molecular formula is C39H14I12N2. The highest BCUT2D eigenvalue weighted by molar-refractivity contribution is 14.1. The number of benzene rings is 6. The molecule has 0 aliphatic rings. The summed E-state index contributed by atoms with van der Waals surface area (Å²) in [5.74, 6) is 0. The molecule has 264 valence electrons. The predicted octanol–water partition coefficient (Wildman–Crippen LogP) is 16.9. The first-order valence-electron chi connectivity index (χ1n) is 14.9. The Kier molecular flexibility index (Phi) is 17.1. The van der Waals surface area contributed by atoms with E-state index in [1.54, 1.807) is 0 Å². The number of nitriles is 2. The second kappa shape index (κ2) is 19.8. The van der Waals surface area contributed by atoms with E-state index in [1.807, 2.05) is 24.3 Å². The van der Waals surface area contributed by atoms with E-state index >= 15 is 0 Å². The van der Waals surface area contributed by atoms with Gasteiger partial charge in [0.25, 0.3) is 0 Å². The van der Waals surface area contributed by atoms with Gasteiger partial charge in [0.15, 0.2) is 0 Å². The van der Waals surface area contributed by atoms with Gasteiger partial charge in [0.2, 0.25) is 0 Å². The molecule has 0 heterocycles. The van der Waals surface area contributed by atoms with Crippen LogP contribution in [0.15, 0.2) is 72.8 Å². The van der Waals surface area contributed by atoms with Gasteiger partial charge >= 0.3 is 0 Å². The van der Waals surface area contributed by atoms with Crippen molar-refractivity contribution in [3.05, 3.63) is 138 Å². The van der Waals surface area contributed by atoms with Gasteiger partial charge in [0.05, 0.1) is 23.3 Å². The fraction of sp³-hybridized carbons (Fsp3) is 0.0256. The average Bonchev–Trinajstić information content (AvgIpc) is 3.12. The van der Waals surface area contributed by atoms with Gasteiger partial charge in [-0.2, -0.15) is 10.5 Å². The molecule has 0 bridgehead atoms. The molecule has 14 heteroatoms. The van der Waals surface area contributed by atoms with E-state index < -0.39 is 0 Å². The van der Waals surface area contributed by atoms with Crippen molar-refractivity contribution < 1.29 is 0 Å². The van der Waals surface area contributed by atoms with E-state index in [9.17, 15) is 10.5 Å². The van der Waals surface area contributed by atoms with Crippen molar-refractivity contribution in [3.63, 3.8) is 0 Å². The van der Waals surface area contributed by atoms with Crippen LogP contribution < -0.4 is 0 Å². The standard InChI is InChI=1S/C39H14I12N2/c40-26-9-16(14-52)10-27(41)30(26)24-7-5-22(36(48)38(24)50)20-3-1-18(32(44)34(20)46)13-19-2-4-21(35(47)33(19)45)23-6-8-25(39(51)37(23)49)31-28(42)11-17(15-53)12-29(31)43/h1-12H,13H2. The van der Waals surface area contributed by atoms with E-state index in [1.165, 1.54) is 84.2 Å². The zero-order chi connectivity index (χ0) is 38.5. The maximum absolute atomic E-state index is 9.45. The minimum absolute atomic E-state index is 0.689. The summed E-state index contributed by atoms with van der Waals surface area (Å²) in [6, 6.07) is 30.6. The number of hydrogen-bond donors (Lipinski definition) is 0. The zero-order valence-electron chi connectivity index (χ0n) is 26.1. The molecule has 0 atom stereocenters. The Labute approximate surface area is 472 Å². The Balaban J connectivity index is 1.31. The summed E-state index contributed by atoms with van der Waals surface area (Å²) in [7, 11) is 0. The average molecular weight is 2030 g/mol. The molecule has 0 amide bonds. The summed E-state index contributed by atoms with van der Waals surface area (Å²) < 4.78 is 14.4. The molecule has 0 fully saturated rings. The van der Waals surface area contributed by atoms with Crippen LogP contribution in [0, 0.1) is 65.5 Å². The van der Waals surface area contributed by atoms with E-state index in [2.05, 4.69) is 332 Å². The monoisotopic (exact) mass is 2030 g/mol. The van der Waals surface area contributed by atoms with Crippen molar-refractivity contribution in [1.29, 1.82) is 10.5 Å². The Morgan fingerprint density at radius 2 is 0.585 bits per heavy atom. The highest BCUT2D eigenvalue weighted by Gasteiger charge is 2.22. The minimum Gasteiger partial charge on any atom is -0.192 e. The van der Waals surface area contributed by atoms with E-state index in [4.69, 9.17) is 0 Å². The van der Waals surface area contributed by atoms with Crippen LogP contribution in [-0.4, -0.2) is 0 Å². The molecule has 6 aromatic carbocycles. The van der Waals surface area contributed by atoms with Gasteiger partial charge in [-0.3, -0.25) is 0 Å². The maximum atomic E-state index is 9.45. The first-order valence-corrected chi connectivity index (χ1v) is 27.8. The molecule has 0 spiro atoms. The van der Waals surface area contributed by atoms with Crippen molar-refractivity contribution in [2.45, 2.75) is 6.42 Å². The number of hydrogen-bond acceptors (Lipinski definition) is 2. The highest BCUT2D eigenvalue weighted by Crippen LogP contribution is 2.44. The van der Waals surface area contributed by atoms with Crippen LogP contribution >= 0.6 is 271 Å². The molecule has 6 rings (SSSR count). The first kappa shape index (κ1) is 45.6. The summed E-state index contributed by atoms with van der Waals surface area (Å²) in [6.45, 7) is 0. The summed E-state index contributed by atoms with van der Waals surface area (Å²) in [5, 5.41) is 18.9. The van der Waals surface area contributed by atoms with Crippen molar-refractivity contribution in [1.82, 2.24) is 0 Å². The molecule has 0 aliphatic heterocycles. The largest absolute Gasteiger partial charge is 0.192 e. The van der Waals surface area contributed by atoms with Crippen LogP contribution in [0.2, 0.25) is 0 Å². The van der Waals surface area contributed by atoms with Crippen molar-refractivity contribution in [2.24, 2.45) is 0 Å². The Hall–Kier alpha value is 3.06. The van der Waals surface area contributed by atoms with E-state index in [0.717, 1.165) is 20.7 Å². The van der Waals surface area contributed by atoms with Crippen LogP contribution in [-0.2, 0) is 6.42 Å². The molecule has 0 N–H and O–H groups in total. The zero-order valence-corrected chi connectivity index (χ0v) is 52.0. The fourth-order valence-corrected chi connectivity index (χ4v) is 16.4. The smallest absolute Gasteiger partial charge is 0.0992 e. The lowest BCUT2D eigenvalue weighted by atomic mass is 9.96. The van der Waals surface area contributed by atoms with Gasteiger partial charge in [0, 0.05) is 54.0 Å². The van der Waals surface area contributed by atoms with Crippen LogP contribution in [0.3, 0.4) is 0 Å². The molecule has 0 saturated heterocycles. The molecule has 0 radical (unpaired) electrons. The molecule has 0 saturated carbocycles. The molecule has 0 aliphatic carbocycles. The quantitative estimate of drug-likeness (QED) is 0.156. The van der Waals surface area contributed by atoms with Crippen LogP contribution in [0.4, 0.5) is 0 Å². The van der Waals surface area contributed by atoms with Gasteiger partial charge in [-0.05, 0) is 346 Å². The van der Waals surface area contributed by atoms with Crippen LogP contribution in [0.5, 0.6) is 0 Å². The highest BCUT2D eigenvalue weighted by atomic mass is 127. The van der Waals surface area contributed by atoms with Crippen molar-refractivity contribution >= 4 is 271 Å². The number of halogens is 12. The third-order valence-corrected chi connectivity index (χ3v) is 25.1. The fourth-order valence-electron chi connectivity index (χ4n) is 5.76. The Morgan fingerprint density at radius 1 is 0.340 bits per heavy atom. The summed E-state index contributed by atoms with van der Waals surface area (Å²) in [4.78, 5) is 0. The maximum Gasteiger partial charge on any atom is 0.0992 e. The van der Waals surface area contributed by atoms with E-state index in [0.29, 0.717) is 11.1 Å². The predicted molar refractivity (Wildman–Crippen MR) is 319 cm³/mol. The lowest BCUT2D eigenvalue weighted by molar-refractivity contribution is 1.15. The molecule has 0 aromatic heterocycles. The molecule has 0 unspecified atom stereocenters. The SMILES string of the molecule is N#Cc1cc(I)c(-c2ccc(-c3ccc(Cc4ccc(-c5ccc(-c6c(I)cc(C#N)cc6I)c(I)c5I)c(I)c4I)c(I)c3I)c(I)c2I)c(I)c1. The normalized spacial score (nSPS) is 11.1. The summed E-state index contributed by atoms with van der Waals surface area (Å²) in [6.07, 6.45) is 0.857. The van der Waals surface area contributed by atoms with Crippen LogP contribution in [0.1, 0.15) is 22.3 Å². The summed E-state index contributed by atoms with van der Waals surface area (Å²) >= 11 is 29.5. The van der Waals surface area contributed by atoms with Gasteiger partial charge in [-0.15, -0.1) is 0 Å². The lowest BCUT2D eigenvalue weighted by Gasteiger charge is -2.18. The third kappa shape index (κ3) is 9.60.